The van der Waals surface area contributed by atoms with Gasteiger partial charge in [0.05, 0.1) is 4.92 Å². The maximum Gasteiger partial charge on any atom is 0.273 e. The summed E-state index contributed by atoms with van der Waals surface area (Å²) in [6, 6.07) is 4.83. The second-order valence-electron chi connectivity index (χ2n) is 7.12. The fourth-order valence-electron chi connectivity index (χ4n) is 3.13. The van der Waals surface area contributed by atoms with Crippen LogP contribution in [-0.2, 0) is 5.41 Å². The van der Waals surface area contributed by atoms with Crippen molar-refractivity contribution in [3.05, 3.63) is 39.4 Å². The van der Waals surface area contributed by atoms with Gasteiger partial charge in [-0.3, -0.25) is 14.9 Å². The molecule has 0 aromatic heterocycles. The van der Waals surface area contributed by atoms with E-state index in [1.54, 1.807) is 17.0 Å². The van der Waals surface area contributed by atoms with Gasteiger partial charge in [0.2, 0.25) is 0 Å². The molecule has 24 heavy (non-hydrogen) atoms. The molecule has 1 fully saturated rings. The number of nitrogens with zero attached hydrogens (tertiary/aromatic N) is 2. The molecule has 0 radical (unpaired) electrons. The fourth-order valence-corrected chi connectivity index (χ4v) is 3.13. The summed E-state index contributed by atoms with van der Waals surface area (Å²) in [4.78, 5) is 25.5. The number of halogens is 1. The molecule has 1 aliphatic heterocycles. The number of nitrogens with two attached hydrogens (primary N) is 1. The summed E-state index contributed by atoms with van der Waals surface area (Å²) in [7, 11) is 0. The van der Waals surface area contributed by atoms with Gasteiger partial charge in [0.25, 0.3) is 11.6 Å². The Labute approximate surface area is 149 Å². The molecule has 6 nitrogen and oxygen atoms in total. The van der Waals surface area contributed by atoms with Crippen LogP contribution in [0.2, 0.25) is 0 Å². The van der Waals surface area contributed by atoms with E-state index in [0.29, 0.717) is 24.2 Å². The molecular formula is C17H26ClN3O3. The molecule has 1 aromatic rings. The van der Waals surface area contributed by atoms with Crippen molar-refractivity contribution in [1.82, 2.24) is 4.90 Å². The quantitative estimate of drug-likeness (QED) is 0.665. The van der Waals surface area contributed by atoms with E-state index in [-0.39, 0.29) is 35.5 Å². The lowest BCUT2D eigenvalue weighted by atomic mass is 9.85. The summed E-state index contributed by atoms with van der Waals surface area (Å²) < 4.78 is 0. The van der Waals surface area contributed by atoms with Crippen molar-refractivity contribution < 1.29 is 9.72 Å². The highest BCUT2D eigenvalue weighted by atomic mass is 35.5. The number of carbonyl (C=O) groups is 1. The SMILES string of the molecule is CC(C)(C)c1ccc(C(=O)N2CCCCC2CN)cc1[N+](=O)[O-].Cl. The summed E-state index contributed by atoms with van der Waals surface area (Å²) in [5.41, 5.74) is 6.42. The minimum absolute atomic E-state index is 0. The van der Waals surface area contributed by atoms with Crippen LogP contribution < -0.4 is 5.73 Å². The number of benzene rings is 1. The average Bonchev–Trinajstić information content (AvgIpc) is 2.52. The first-order chi connectivity index (χ1) is 10.8. The molecule has 0 bridgehead atoms. The second kappa shape index (κ2) is 7.94. The van der Waals surface area contributed by atoms with Crippen molar-refractivity contribution in [2.45, 2.75) is 51.5 Å². The number of likely N-dealkylation sites (tertiary alicyclic amines) is 1. The maximum absolute atomic E-state index is 12.8. The third-order valence-electron chi connectivity index (χ3n) is 4.41. The van der Waals surface area contributed by atoms with Crippen molar-refractivity contribution in [2.75, 3.05) is 13.1 Å². The van der Waals surface area contributed by atoms with Crippen molar-refractivity contribution in [3.63, 3.8) is 0 Å². The first kappa shape index (κ1) is 20.4. The average molecular weight is 356 g/mol. The highest BCUT2D eigenvalue weighted by Crippen LogP contribution is 2.32. The number of hydrogen-bond donors (Lipinski definition) is 1. The monoisotopic (exact) mass is 355 g/mol. The van der Waals surface area contributed by atoms with Crippen LogP contribution in [0.1, 0.15) is 56.0 Å². The lowest BCUT2D eigenvalue weighted by Gasteiger charge is -2.35. The molecule has 1 unspecified atom stereocenters. The number of carbonyl (C=O) groups excluding carboxylic acids is 1. The van der Waals surface area contributed by atoms with Crippen LogP contribution in [0.25, 0.3) is 0 Å². The molecule has 1 amide bonds. The Balaban J connectivity index is 0.00000288. The van der Waals surface area contributed by atoms with Gasteiger partial charge in [0, 0.05) is 36.3 Å². The zero-order valence-corrected chi connectivity index (χ0v) is 15.3. The van der Waals surface area contributed by atoms with Gasteiger partial charge in [0.1, 0.15) is 0 Å². The van der Waals surface area contributed by atoms with Gasteiger partial charge in [-0.1, -0.05) is 26.8 Å². The molecule has 1 atom stereocenters. The van der Waals surface area contributed by atoms with E-state index >= 15 is 0 Å². The predicted molar refractivity (Wildman–Crippen MR) is 96.8 cm³/mol. The smallest absolute Gasteiger partial charge is 0.273 e. The van der Waals surface area contributed by atoms with E-state index < -0.39 is 4.92 Å². The third-order valence-corrected chi connectivity index (χ3v) is 4.41. The highest BCUT2D eigenvalue weighted by molar-refractivity contribution is 5.95. The summed E-state index contributed by atoms with van der Waals surface area (Å²) in [5.74, 6) is -0.163. The van der Waals surface area contributed by atoms with Crippen LogP contribution in [-0.4, -0.2) is 34.9 Å². The standard InChI is InChI=1S/C17H25N3O3.ClH/c1-17(2,3)14-8-7-12(10-15(14)20(22)23)16(21)19-9-5-4-6-13(19)11-18;/h7-8,10,13H,4-6,9,11,18H2,1-3H3;1H. The zero-order valence-electron chi connectivity index (χ0n) is 14.4. The van der Waals surface area contributed by atoms with Crippen LogP contribution >= 0.6 is 12.4 Å². The van der Waals surface area contributed by atoms with Crippen molar-refractivity contribution in [2.24, 2.45) is 5.73 Å². The van der Waals surface area contributed by atoms with Crippen molar-refractivity contribution in [1.29, 1.82) is 0 Å². The van der Waals surface area contributed by atoms with Gasteiger partial charge in [-0.05, 0) is 30.7 Å². The Bertz CT molecular complexity index is 614. The summed E-state index contributed by atoms with van der Waals surface area (Å²) in [5, 5.41) is 11.4. The van der Waals surface area contributed by atoms with Gasteiger partial charge in [-0.2, -0.15) is 0 Å². The minimum atomic E-state index is -0.409. The molecular weight excluding hydrogens is 330 g/mol. The molecule has 1 heterocycles. The number of piperidine rings is 1. The lowest BCUT2D eigenvalue weighted by molar-refractivity contribution is -0.386. The highest BCUT2D eigenvalue weighted by Gasteiger charge is 2.30. The van der Waals surface area contributed by atoms with E-state index in [2.05, 4.69) is 0 Å². The van der Waals surface area contributed by atoms with Gasteiger partial charge < -0.3 is 10.6 Å². The van der Waals surface area contributed by atoms with Crippen LogP contribution in [0.15, 0.2) is 18.2 Å². The molecule has 2 rings (SSSR count). The molecule has 7 heteroatoms. The third kappa shape index (κ3) is 4.24. The first-order valence-electron chi connectivity index (χ1n) is 8.05. The van der Waals surface area contributed by atoms with E-state index in [1.807, 2.05) is 20.8 Å². The van der Waals surface area contributed by atoms with E-state index in [9.17, 15) is 14.9 Å². The molecule has 1 saturated heterocycles. The molecule has 0 spiro atoms. The first-order valence-corrected chi connectivity index (χ1v) is 8.05. The van der Waals surface area contributed by atoms with Crippen molar-refractivity contribution >= 4 is 24.0 Å². The topological polar surface area (TPSA) is 89.5 Å². The Morgan fingerprint density at radius 2 is 2.04 bits per heavy atom. The van der Waals surface area contributed by atoms with E-state index in [1.165, 1.54) is 6.07 Å². The largest absolute Gasteiger partial charge is 0.334 e. The molecule has 2 N–H and O–H groups in total. The predicted octanol–water partition coefficient (Wildman–Crippen LogP) is 3.27. The Hall–Kier alpha value is -1.66. The Morgan fingerprint density at radius 1 is 1.38 bits per heavy atom. The molecule has 0 saturated carbocycles. The van der Waals surface area contributed by atoms with E-state index in [0.717, 1.165) is 19.3 Å². The van der Waals surface area contributed by atoms with Gasteiger partial charge in [-0.15, -0.1) is 12.4 Å². The maximum atomic E-state index is 12.8. The number of rotatable bonds is 3. The van der Waals surface area contributed by atoms with Crippen molar-refractivity contribution in [3.8, 4) is 0 Å². The molecule has 1 aromatic carbocycles. The Morgan fingerprint density at radius 3 is 2.58 bits per heavy atom. The van der Waals surface area contributed by atoms with Crippen LogP contribution in [0.4, 0.5) is 5.69 Å². The normalized spacial score (nSPS) is 18.0. The molecule has 134 valence electrons. The fraction of sp³-hybridized carbons (Fsp3) is 0.588. The summed E-state index contributed by atoms with van der Waals surface area (Å²) >= 11 is 0. The number of hydrogen-bond acceptors (Lipinski definition) is 4. The van der Waals surface area contributed by atoms with Gasteiger partial charge >= 0.3 is 0 Å². The van der Waals surface area contributed by atoms with Crippen LogP contribution in [0.3, 0.4) is 0 Å². The summed E-state index contributed by atoms with van der Waals surface area (Å²) in [6.45, 7) is 6.85. The van der Waals surface area contributed by atoms with Crippen LogP contribution in [0, 0.1) is 10.1 Å². The van der Waals surface area contributed by atoms with E-state index in [4.69, 9.17) is 5.73 Å². The minimum Gasteiger partial charge on any atom is -0.334 e. The Kier molecular flexibility index (Phi) is 6.75. The number of nitro benzene ring substituents is 1. The van der Waals surface area contributed by atoms with Crippen LogP contribution in [0.5, 0.6) is 0 Å². The summed E-state index contributed by atoms with van der Waals surface area (Å²) in [6.07, 6.45) is 2.91. The van der Waals surface area contributed by atoms with Gasteiger partial charge in [-0.25, -0.2) is 0 Å². The lowest BCUT2D eigenvalue weighted by Crippen LogP contribution is -2.47. The van der Waals surface area contributed by atoms with Gasteiger partial charge in [0.15, 0.2) is 0 Å². The molecule has 1 aliphatic rings. The zero-order chi connectivity index (χ0) is 17.2. The molecule has 0 aliphatic carbocycles. The number of amides is 1. The number of nitro groups is 1. The second-order valence-corrected chi connectivity index (χ2v) is 7.12.